The van der Waals surface area contributed by atoms with E-state index in [9.17, 15) is 9.18 Å². The SMILES string of the molecule is O=C(O)c1cc(C2CC2)c(OCCC2CCNCC2)cc1F. The molecule has 0 aromatic heterocycles. The highest BCUT2D eigenvalue weighted by Crippen LogP contribution is 2.45. The van der Waals surface area contributed by atoms with Crippen molar-refractivity contribution in [2.75, 3.05) is 19.7 Å². The molecular formula is C17H22FNO3. The third-order valence-corrected chi connectivity index (χ3v) is 4.59. The first-order chi connectivity index (χ1) is 10.6. The Morgan fingerprint density at radius 3 is 2.64 bits per heavy atom. The molecule has 1 heterocycles. The summed E-state index contributed by atoms with van der Waals surface area (Å²) >= 11 is 0. The number of ether oxygens (including phenoxy) is 1. The van der Waals surface area contributed by atoms with E-state index in [1.54, 1.807) is 0 Å². The summed E-state index contributed by atoms with van der Waals surface area (Å²) in [5.41, 5.74) is 0.594. The summed E-state index contributed by atoms with van der Waals surface area (Å²) in [6.45, 7) is 2.68. The summed E-state index contributed by atoms with van der Waals surface area (Å²) in [6.07, 6.45) is 5.33. The molecule has 1 aliphatic heterocycles. The van der Waals surface area contributed by atoms with Gasteiger partial charge in [0.05, 0.1) is 12.2 Å². The first kappa shape index (κ1) is 15.3. The van der Waals surface area contributed by atoms with Crippen molar-refractivity contribution < 1.29 is 19.0 Å². The van der Waals surface area contributed by atoms with E-state index in [-0.39, 0.29) is 5.56 Å². The lowest BCUT2D eigenvalue weighted by atomic mass is 9.95. The molecule has 5 heteroatoms. The summed E-state index contributed by atoms with van der Waals surface area (Å²) in [4.78, 5) is 11.1. The minimum atomic E-state index is -1.22. The Balaban J connectivity index is 1.66. The van der Waals surface area contributed by atoms with Gasteiger partial charge in [-0.25, -0.2) is 9.18 Å². The molecule has 2 aliphatic rings. The van der Waals surface area contributed by atoms with Crippen LogP contribution in [0.25, 0.3) is 0 Å². The van der Waals surface area contributed by atoms with Gasteiger partial charge in [-0.15, -0.1) is 0 Å². The zero-order valence-corrected chi connectivity index (χ0v) is 12.6. The van der Waals surface area contributed by atoms with Gasteiger partial charge in [0.25, 0.3) is 0 Å². The van der Waals surface area contributed by atoms with Gasteiger partial charge in [-0.1, -0.05) is 0 Å². The fraction of sp³-hybridized carbons (Fsp3) is 0.588. The maximum atomic E-state index is 13.9. The molecule has 0 unspecified atom stereocenters. The second kappa shape index (κ2) is 6.65. The van der Waals surface area contributed by atoms with Crippen LogP contribution in [0.1, 0.15) is 53.9 Å². The molecule has 1 aromatic rings. The number of rotatable bonds is 6. The first-order valence-corrected chi connectivity index (χ1v) is 8.05. The number of hydrogen-bond donors (Lipinski definition) is 2. The van der Waals surface area contributed by atoms with E-state index in [2.05, 4.69) is 5.32 Å². The van der Waals surface area contributed by atoms with Crippen molar-refractivity contribution in [2.24, 2.45) is 5.92 Å². The number of benzene rings is 1. The standard InChI is InChI=1S/C17H22FNO3/c18-15-10-16(22-8-5-11-3-6-19-7-4-11)13(12-1-2-12)9-14(15)17(20)21/h9-12,19H,1-8H2,(H,20,21). The number of hydrogen-bond acceptors (Lipinski definition) is 3. The van der Waals surface area contributed by atoms with Crippen LogP contribution < -0.4 is 10.1 Å². The molecule has 0 amide bonds. The number of nitrogens with one attached hydrogen (secondary N) is 1. The number of carboxylic acid groups (broad SMARTS) is 1. The van der Waals surface area contributed by atoms with Crippen LogP contribution >= 0.6 is 0 Å². The van der Waals surface area contributed by atoms with Gasteiger partial charge in [0.15, 0.2) is 0 Å². The lowest BCUT2D eigenvalue weighted by Crippen LogP contribution is -2.28. The van der Waals surface area contributed by atoms with Crippen molar-refractivity contribution >= 4 is 5.97 Å². The van der Waals surface area contributed by atoms with Crippen LogP contribution in [0.15, 0.2) is 12.1 Å². The van der Waals surface area contributed by atoms with Gasteiger partial charge < -0.3 is 15.2 Å². The maximum Gasteiger partial charge on any atom is 0.338 e. The smallest absolute Gasteiger partial charge is 0.338 e. The number of aromatic carboxylic acids is 1. The molecule has 1 aliphatic carbocycles. The zero-order valence-electron chi connectivity index (χ0n) is 12.6. The molecule has 2 N–H and O–H groups in total. The largest absolute Gasteiger partial charge is 0.493 e. The van der Waals surface area contributed by atoms with E-state index in [0.29, 0.717) is 24.2 Å². The Labute approximate surface area is 129 Å². The van der Waals surface area contributed by atoms with Crippen LogP contribution in [0.3, 0.4) is 0 Å². The minimum absolute atomic E-state index is 0.257. The van der Waals surface area contributed by atoms with Gasteiger partial charge in [-0.3, -0.25) is 0 Å². The predicted octanol–water partition coefficient (Wildman–Crippen LogP) is 3.17. The Bertz CT molecular complexity index is 551. The highest BCUT2D eigenvalue weighted by molar-refractivity contribution is 5.88. The van der Waals surface area contributed by atoms with Gasteiger partial charge in [0.2, 0.25) is 0 Å². The van der Waals surface area contributed by atoms with Gasteiger partial charge >= 0.3 is 5.97 Å². The van der Waals surface area contributed by atoms with E-state index in [0.717, 1.165) is 50.8 Å². The molecule has 22 heavy (non-hydrogen) atoms. The highest BCUT2D eigenvalue weighted by atomic mass is 19.1. The van der Waals surface area contributed by atoms with E-state index in [1.807, 2.05) is 0 Å². The van der Waals surface area contributed by atoms with E-state index >= 15 is 0 Å². The monoisotopic (exact) mass is 307 g/mol. The molecule has 1 saturated heterocycles. The van der Waals surface area contributed by atoms with Crippen molar-refractivity contribution in [1.29, 1.82) is 0 Å². The summed E-state index contributed by atoms with van der Waals surface area (Å²) in [6, 6.07) is 2.70. The van der Waals surface area contributed by atoms with Crippen LogP contribution in [0.2, 0.25) is 0 Å². The molecule has 0 atom stereocenters. The number of piperidine rings is 1. The molecule has 4 nitrogen and oxygen atoms in total. The molecule has 0 radical (unpaired) electrons. The molecule has 1 aromatic carbocycles. The number of carboxylic acids is 1. The second-order valence-electron chi connectivity index (χ2n) is 6.28. The second-order valence-corrected chi connectivity index (χ2v) is 6.28. The summed E-state index contributed by atoms with van der Waals surface area (Å²) in [7, 11) is 0. The van der Waals surface area contributed by atoms with Gasteiger partial charge in [0, 0.05) is 6.07 Å². The molecule has 0 spiro atoms. The molecule has 1 saturated carbocycles. The lowest BCUT2D eigenvalue weighted by Gasteiger charge is -2.22. The average Bonchev–Trinajstić information content (AvgIpc) is 3.33. The number of carbonyl (C=O) groups is 1. The summed E-state index contributed by atoms with van der Waals surface area (Å²) in [5.74, 6) is -0.422. The van der Waals surface area contributed by atoms with Crippen molar-refractivity contribution in [3.8, 4) is 5.75 Å². The van der Waals surface area contributed by atoms with E-state index < -0.39 is 11.8 Å². The third kappa shape index (κ3) is 3.58. The quantitative estimate of drug-likeness (QED) is 0.847. The first-order valence-electron chi connectivity index (χ1n) is 8.05. The zero-order chi connectivity index (χ0) is 15.5. The molecular weight excluding hydrogens is 285 g/mol. The molecule has 120 valence electrons. The van der Waals surface area contributed by atoms with E-state index in [4.69, 9.17) is 9.84 Å². The minimum Gasteiger partial charge on any atom is -0.493 e. The summed E-state index contributed by atoms with van der Waals surface area (Å²) in [5, 5.41) is 12.4. The Kier molecular flexibility index (Phi) is 4.62. The highest BCUT2D eigenvalue weighted by Gasteiger charge is 2.29. The van der Waals surface area contributed by atoms with Crippen molar-refractivity contribution in [3.63, 3.8) is 0 Å². The van der Waals surface area contributed by atoms with Crippen LogP contribution in [-0.2, 0) is 0 Å². The molecule has 0 bridgehead atoms. The fourth-order valence-corrected chi connectivity index (χ4v) is 3.08. The third-order valence-electron chi connectivity index (χ3n) is 4.59. The molecule has 3 rings (SSSR count). The maximum absolute atomic E-state index is 13.9. The normalized spacial score (nSPS) is 19.1. The Hall–Kier alpha value is -1.62. The number of halogens is 1. The van der Waals surface area contributed by atoms with Crippen LogP contribution in [0, 0.1) is 11.7 Å². The Morgan fingerprint density at radius 2 is 2.00 bits per heavy atom. The van der Waals surface area contributed by atoms with Crippen molar-refractivity contribution in [3.05, 3.63) is 29.1 Å². The lowest BCUT2D eigenvalue weighted by molar-refractivity contribution is 0.0691. The van der Waals surface area contributed by atoms with Crippen LogP contribution in [0.5, 0.6) is 5.75 Å². The van der Waals surface area contributed by atoms with E-state index in [1.165, 1.54) is 12.1 Å². The average molecular weight is 307 g/mol. The van der Waals surface area contributed by atoms with Gasteiger partial charge in [-0.2, -0.15) is 0 Å². The predicted molar refractivity (Wildman–Crippen MR) is 81.0 cm³/mol. The van der Waals surface area contributed by atoms with Gasteiger partial charge in [-0.05, 0) is 68.7 Å². The van der Waals surface area contributed by atoms with Gasteiger partial charge in [0.1, 0.15) is 11.6 Å². The molecule has 2 fully saturated rings. The topological polar surface area (TPSA) is 58.6 Å². The Morgan fingerprint density at radius 1 is 1.27 bits per heavy atom. The van der Waals surface area contributed by atoms with Crippen molar-refractivity contribution in [2.45, 2.75) is 38.0 Å². The van der Waals surface area contributed by atoms with Crippen LogP contribution in [-0.4, -0.2) is 30.8 Å². The summed E-state index contributed by atoms with van der Waals surface area (Å²) < 4.78 is 19.7. The van der Waals surface area contributed by atoms with Crippen LogP contribution in [0.4, 0.5) is 4.39 Å². The fourth-order valence-electron chi connectivity index (χ4n) is 3.08. The van der Waals surface area contributed by atoms with Crippen molar-refractivity contribution in [1.82, 2.24) is 5.32 Å².